The van der Waals surface area contributed by atoms with Gasteiger partial charge in [0, 0.05) is 24.9 Å². The Kier molecular flexibility index (Phi) is 5.02. The second kappa shape index (κ2) is 8.32. The average Bonchev–Trinajstić information content (AvgIpc) is 3.36. The van der Waals surface area contributed by atoms with Gasteiger partial charge in [-0.3, -0.25) is 0 Å². The normalized spacial score (nSPS) is 11.9. The Labute approximate surface area is 192 Å². The molecular formula is C28H27N5. The Hall–Kier alpha value is -3.73. The zero-order chi connectivity index (χ0) is 22.2. The van der Waals surface area contributed by atoms with Gasteiger partial charge in [-0.05, 0) is 36.8 Å². The highest BCUT2D eigenvalue weighted by atomic mass is 15.1. The fraction of sp³-hybridized carbons (Fsp3) is 0.250. The summed E-state index contributed by atoms with van der Waals surface area (Å²) in [5.74, 6) is 1.18. The molecule has 0 aliphatic rings. The molecule has 33 heavy (non-hydrogen) atoms. The number of unbranched alkanes of at least 4 members (excludes halogenated alkanes) is 2. The van der Waals surface area contributed by atoms with Crippen LogP contribution in [-0.2, 0) is 19.5 Å². The Morgan fingerprint density at radius 1 is 0.636 bits per heavy atom. The van der Waals surface area contributed by atoms with Crippen molar-refractivity contribution in [2.75, 3.05) is 0 Å². The maximum atomic E-state index is 5.04. The van der Waals surface area contributed by atoms with Gasteiger partial charge in [0.1, 0.15) is 11.3 Å². The Morgan fingerprint density at radius 3 is 2.12 bits per heavy atom. The predicted octanol–water partition coefficient (Wildman–Crippen LogP) is 6.52. The number of nitrogens with zero attached hydrogens (tertiary/aromatic N) is 5. The summed E-state index contributed by atoms with van der Waals surface area (Å²) in [5, 5.41) is 1.16. The molecule has 0 aliphatic carbocycles. The van der Waals surface area contributed by atoms with E-state index in [2.05, 4.69) is 64.6 Å². The van der Waals surface area contributed by atoms with Crippen molar-refractivity contribution in [3.8, 4) is 0 Å². The molecule has 0 aliphatic heterocycles. The zero-order valence-corrected chi connectivity index (χ0v) is 18.9. The summed E-state index contributed by atoms with van der Waals surface area (Å²) in [6, 6.07) is 25.1. The van der Waals surface area contributed by atoms with E-state index < -0.39 is 0 Å². The van der Waals surface area contributed by atoms with Crippen molar-refractivity contribution in [3.63, 3.8) is 0 Å². The van der Waals surface area contributed by atoms with Crippen LogP contribution in [0.25, 0.3) is 44.1 Å². The van der Waals surface area contributed by atoms with E-state index in [0.29, 0.717) is 0 Å². The van der Waals surface area contributed by atoms with Gasteiger partial charge in [-0.15, -0.1) is 0 Å². The van der Waals surface area contributed by atoms with Crippen molar-refractivity contribution < 1.29 is 0 Å². The van der Waals surface area contributed by atoms with Gasteiger partial charge in [0.25, 0.3) is 0 Å². The molecule has 3 heterocycles. The van der Waals surface area contributed by atoms with Crippen molar-refractivity contribution in [2.24, 2.45) is 0 Å². The van der Waals surface area contributed by atoms with Gasteiger partial charge >= 0.3 is 0 Å². The van der Waals surface area contributed by atoms with E-state index in [-0.39, 0.29) is 0 Å². The first-order valence-electron chi connectivity index (χ1n) is 11.9. The molecule has 5 heteroatoms. The van der Waals surface area contributed by atoms with E-state index in [4.69, 9.17) is 15.0 Å². The minimum atomic E-state index is 0.818. The van der Waals surface area contributed by atoms with E-state index in [1.165, 1.54) is 36.1 Å². The molecular weight excluding hydrogens is 406 g/mol. The molecule has 0 bridgehead atoms. The Morgan fingerprint density at radius 2 is 1.30 bits per heavy atom. The topological polar surface area (TPSA) is 48.5 Å². The molecule has 0 unspecified atom stereocenters. The standard InChI is InChI=1S/C28H27N5/c1-2-3-4-17-26-29-23-14-8-10-16-25(23)32(26)18-19-33-24-15-9-5-11-20(24)27-28(33)31-22-13-7-6-12-21(22)30-27/h5-16H,2-4,17-19H2,1H3. The molecule has 6 rings (SSSR count). The molecule has 0 saturated carbocycles. The van der Waals surface area contributed by atoms with Crippen molar-refractivity contribution in [1.82, 2.24) is 24.1 Å². The van der Waals surface area contributed by atoms with E-state index >= 15 is 0 Å². The molecule has 0 atom stereocenters. The minimum absolute atomic E-state index is 0.818. The summed E-state index contributed by atoms with van der Waals surface area (Å²) >= 11 is 0. The summed E-state index contributed by atoms with van der Waals surface area (Å²) < 4.78 is 4.73. The minimum Gasteiger partial charge on any atom is -0.326 e. The quantitative estimate of drug-likeness (QED) is 0.269. The number of hydrogen-bond donors (Lipinski definition) is 0. The molecule has 0 fully saturated rings. The number of rotatable bonds is 7. The summed E-state index contributed by atoms with van der Waals surface area (Å²) in [4.78, 5) is 15.0. The van der Waals surface area contributed by atoms with Gasteiger partial charge in [-0.1, -0.05) is 62.2 Å². The third kappa shape index (κ3) is 3.44. The van der Waals surface area contributed by atoms with Crippen LogP contribution in [0.15, 0.2) is 72.8 Å². The molecule has 0 amide bonds. The molecule has 3 aromatic heterocycles. The van der Waals surface area contributed by atoms with Gasteiger partial charge in [0.15, 0.2) is 5.65 Å². The number of hydrogen-bond acceptors (Lipinski definition) is 3. The number of aromatic nitrogens is 5. The molecule has 0 radical (unpaired) electrons. The lowest BCUT2D eigenvalue weighted by atomic mass is 10.2. The van der Waals surface area contributed by atoms with E-state index in [9.17, 15) is 0 Å². The van der Waals surface area contributed by atoms with Crippen LogP contribution in [0, 0.1) is 0 Å². The summed E-state index contributed by atoms with van der Waals surface area (Å²) in [6.45, 7) is 3.92. The van der Waals surface area contributed by atoms with Gasteiger partial charge in [-0.2, -0.15) is 0 Å². The smallest absolute Gasteiger partial charge is 0.160 e. The molecule has 0 saturated heterocycles. The second-order valence-electron chi connectivity index (χ2n) is 8.68. The third-order valence-corrected chi connectivity index (χ3v) is 6.54. The van der Waals surface area contributed by atoms with Crippen LogP contribution in [0.2, 0.25) is 0 Å². The molecule has 0 spiro atoms. The first-order valence-corrected chi connectivity index (χ1v) is 11.9. The van der Waals surface area contributed by atoms with Crippen LogP contribution in [0.1, 0.15) is 32.0 Å². The monoisotopic (exact) mass is 433 g/mol. The second-order valence-corrected chi connectivity index (χ2v) is 8.68. The van der Waals surface area contributed by atoms with Gasteiger partial charge < -0.3 is 9.13 Å². The van der Waals surface area contributed by atoms with Crippen LogP contribution in [0.5, 0.6) is 0 Å². The number of benzene rings is 3. The molecule has 0 N–H and O–H groups in total. The lowest BCUT2D eigenvalue weighted by molar-refractivity contribution is 0.576. The fourth-order valence-corrected chi connectivity index (χ4v) is 4.91. The highest BCUT2D eigenvalue weighted by molar-refractivity contribution is 6.06. The maximum absolute atomic E-state index is 5.04. The largest absolute Gasteiger partial charge is 0.326 e. The van der Waals surface area contributed by atoms with Crippen LogP contribution in [0.3, 0.4) is 0 Å². The average molecular weight is 434 g/mol. The molecule has 5 nitrogen and oxygen atoms in total. The van der Waals surface area contributed by atoms with Crippen LogP contribution >= 0.6 is 0 Å². The van der Waals surface area contributed by atoms with Crippen molar-refractivity contribution in [1.29, 1.82) is 0 Å². The van der Waals surface area contributed by atoms with Gasteiger partial charge in [0.2, 0.25) is 0 Å². The van der Waals surface area contributed by atoms with Crippen LogP contribution in [0.4, 0.5) is 0 Å². The number of fused-ring (bicyclic) bond motifs is 5. The summed E-state index contributed by atoms with van der Waals surface area (Å²) in [5.41, 5.74) is 7.27. The van der Waals surface area contributed by atoms with E-state index in [0.717, 1.165) is 52.6 Å². The first-order chi connectivity index (χ1) is 16.3. The Balaban J connectivity index is 1.45. The first kappa shape index (κ1) is 19.9. The maximum Gasteiger partial charge on any atom is 0.160 e. The van der Waals surface area contributed by atoms with E-state index in [1.54, 1.807) is 0 Å². The van der Waals surface area contributed by atoms with Crippen molar-refractivity contribution in [2.45, 2.75) is 45.7 Å². The lowest BCUT2D eigenvalue weighted by Gasteiger charge is -2.12. The SMILES string of the molecule is CCCCCc1nc2ccccc2n1CCn1c2ccccc2c2nc3ccccc3nc21. The summed E-state index contributed by atoms with van der Waals surface area (Å²) in [6.07, 6.45) is 4.64. The third-order valence-electron chi connectivity index (χ3n) is 6.54. The highest BCUT2D eigenvalue weighted by Crippen LogP contribution is 2.28. The van der Waals surface area contributed by atoms with Crippen molar-refractivity contribution >= 4 is 44.1 Å². The van der Waals surface area contributed by atoms with E-state index in [1.807, 2.05) is 24.3 Å². The molecule has 3 aromatic carbocycles. The highest BCUT2D eigenvalue weighted by Gasteiger charge is 2.16. The van der Waals surface area contributed by atoms with Crippen LogP contribution < -0.4 is 0 Å². The number of para-hydroxylation sites is 5. The van der Waals surface area contributed by atoms with Gasteiger partial charge in [0.05, 0.1) is 27.6 Å². The summed E-state index contributed by atoms with van der Waals surface area (Å²) in [7, 11) is 0. The van der Waals surface area contributed by atoms with Gasteiger partial charge in [-0.25, -0.2) is 15.0 Å². The number of aryl methyl sites for hydroxylation is 3. The lowest BCUT2D eigenvalue weighted by Crippen LogP contribution is -2.11. The number of imidazole rings is 1. The molecule has 164 valence electrons. The Bertz CT molecular complexity index is 1590. The van der Waals surface area contributed by atoms with Crippen molar-refractivity contribution in [3.05, 3.63) is 78.6 Å². The van der Waals surface area contributed by atoms with Crippen LogP contribution in [-0.4, -0.2) is 24.1 Å². The predicted molar refractivity (Wildman–Crippen MR) is 136 cm³/mol. The molecule has 6 aromatic rings. The zero-order valence-electron chi connectivity index (χ0n) is 18.9. The fourth-order valence-electron chi connectivity index (χ4n) is 4.91.